The van der Waals surface area contributed by atoms with E-state index in [-0.39, 0.29) is 22.6 Å². The smallest absolute Gasteiger partial charge is 0.269 e. The van der Waals surface area contributed by atoms with Gasteiger partial charge in [0.1, 0.15) is 11.3 Å². The van der Waals surface area contributed by atoms with Gasteiger partial charge < -0.3 is 20.8 Å². The number of hydrogen-bond acceptors (Lipinski definition) is 7. The lowest BCUT2D eigenvalue weighted by molar-refractivity contribution is 0.0383. The van der Waals surface area contributed by atoms with Gasteiger partial charge in [0, 0.05) is 60.3 Å². The van der Waals surface area contributed by atoms with Gasteiger partial charge in [0.15, 0.2) is 5.84 Å². The Kier molecular flexibility index (Phi) is 7.37. The molecule has 1 amide bonds. The second-order valence-corrected chi connectivity index (χ2v) is 8.39. The predicted octanol–water partition coefficient (Wildman–Crippen LogP) is 2.61. The molecule has 4 heterocycles. The number of hydrogen-bond donors (Lipinski definition) is 4. The van der Waals surface area contributed by atoms with Gasteiger partial charge in [-0.3, -0.25) is 20.1 Å². The third-order valence-corrected chi connectivity index (χ3v) is 5.95. The molecular weight excluding hydrogens is 451 g/mol. The summed E-state index contributed by atoms with van der Waals surface area (Å²) in [4.78, 5) is 26.5. The molecule has 1 saturated heterocycles. The minimum atomic E-state index is -0.347. The summed E-state index contributed by atoms with van der Waals surface area (Å²) in [5.41, 5.74) is 8.84. The molecule has 0 saturated carbocycles. The van der Waals surface area contributed by atoms with Crippen LogP contribution in [0.25, 0.3) is 22.3 Å². The van der Waals surface area contributed by atoms with Crippen LogP contribution in [0.15, 0.2) is 47.9 Å². The summed E-state index contributed by atoms with van der Waals surface area (Å²) in [5.74, 6) is -0.595. The number of allylic oxidation sites excluding steroid dienone is 1. The first-order chi connectivity index (χ1) is 16.8. The zero-order chi connectivity index (χ0) is 24.9. The zero-order valence-corrected chi connectivity index (χ0v) is 19.8. The topological polar surface area (TPSA) is 136 Å². The molecule has 3 aromatic rings. The third kappa shape index (κ3) is 5.64. The summed E-state index contributed by atoms with van der Waals surface area (Å²) < 4.78 is 20.1. The quantitative estimate of drug-likeness (QED) is 0.232. The SMILES string of the molecule is C/C(N)=C(\C)C(=N)N(F)c1cnc2[nH]c(-c3ccnc(C(=O)NCCN4CCOCC4)c3)cc2c1. The monoisotopic (exact) mass is 480 g/mol. The molecule has 35 heavy (non-hydrogen) atoms. The molecule has 0 spiro atoms. The normalized spacial score (nSPS) is 15.1. The Morgan fingerprint density at radius 3 is 2.80 bits per heavy atom. The average Bonchev–Trinajstić information content (AvgIpc) is 3.31. The van der Waals surface area contributed by atoms with Crippen LogP contribution < -0.4 is 16.2 Å². The molecular formula is C24H29FN8O2. The van der Waals surface area contributed by atoms with E-state index in [0.29, 0.717) is 53.4 Å². The Balaban J connectivity index is 1.47. The van der Waals surface area contributed by atoms with E-state index in [2.05, 4.69) is 25.2 Å². The molecule has 0 bridgehead atoms. The molecule has 5 N–H and O–H groups in total. The summed E-state index contributed by atoms with van der Waals surface area (Å²) in [6.45, 7) is 7.65. The van der Waals surface area contributed by atoms with Crippen LogP contribution in [-0.2, 0) is 4.74 Å². The average molecular weight is 481 g/mol. The first-order valence-corrected chi connectivity index (χ1v) is 11.3. The first-order valence-electron chi connectivity index (χ1n) is 11.3. The van der Waals surface area contributed by atoms with E-state index in [1.54, 1.807) is 38.2 Å². The Labute approximate surface area is 202 Å². The highest BCUT2D eigenvalue weighted by molar-refractivity contribution is 6.06. The van der Waals surface area contributed by atoms with Crippen molar-refractivity contribution < 1.29 is 14.0 Å². The number of ether oxygens (including phenoxy) is 1. The van der Waals surface area contributed by atoms with Crippen LogP contribution in [-0.4, -0.2) is 71.0 Å². The number of pyridine rings is 2. The molecule has 10 nitrogen and oxygen atoms in total. The van der Waals surface area contributed by atoms with Crippen LogP contribution in [0.4, 0.5) is 10.2 Å². The van der Waals surface area contributed by atoms with E-state index in [1.807, 2.05) is 6.07 Å². The molecule has 3 aromatic heterocycles. The molecule has 0 aliphatic carbocycles. The van der Waals surface area contributed by atoms with Gasteiger partial charge in [-0.15, -0.1) is 0 Å². The molecule has 1 fully saturated rings. The van der Waals surface area contributed by atoms with Crippen LogP contribution >= 0.6 is 0 Å². The number of anilines is 1. The lowest BCUT2D eigenvalue weighted by Crippen LogP contribution is -2.41. The lowest BCUT2D eigenvalue weighted by atomic mass is 10.1. The fourth-order valence-corrected chi connectivity index (χ4v) is 3.69. The number of amides is 1. The van der Waals surface area contributed by atoms with Gasteiger partial charge in [-0.25, -0.2) is 4.98 Å². The van der Waals surface area contributed by atoms with Crippen LogP contribution in [0, 0.1) is 5.41 Å². The number of carbonyl (C=O) groups is 1. The molecule has 11 heteroatoms. The van der Waals surface area contributed by atoms with Crippen LogP contribution in [0.2, 0.25) is 0 Å². The number of carbonyl (C=O) groups excluding carboxylic acids is 1. The number of fused-ring (bicyclic) bond motifs is 1. The number of amidine groups is 1. The van der Waals surface area contributed by atoms with Gasteiger partial charge in [0.25, 0.3) is 5.91 Å². The summed E-state index contributed by atoms with van der Waals surface area (Å²) >= 11 is 0. The Morgan fingerprint density at radius 1 is 1.29 bits per heavy atom. The highest BCUT2D eigenvalue weighted by atomic mass is 19.2. The Bertz CT molecular complexity index is 1260. The van der Waals surface area contributed by atoms with Gasteiger partial charge >= 0.3 is 0 Å². The minimum Gasteiger partial charge on any atom is -0.402 e. The van der Waals surface area contributed by atoms with E-state index >= 15 is 0 Å². The van der Waals surface area contributed by atoms with Gasteiger partial charge in [0.05, 0.1) is 25.1 Å². The lowest BCUT2D eigenvalue weighted by Gasteiger charge is -2.26. The molecule has 184 valence electrons. The van der Waals surface area contributed by atoms with Crippen molar-refractivity contribution in [2.75, 3.05) is 44.5 Å². The molecule has 1 aliphatic heterocycles. The second-order valence-electron chi connectivity index (χ2n) is 8.39. The third-order valence-electron chi connectivity index (χ3n) is 5.95. The maximum atomic E-state index is 14.8. The fourth-order valence-electron chi connectivity index (χ4n) is 3.69. The van der Waals surface area contributed by atoms with Crippen LogP contribution in [0.1, 0.15) is 24.3 Å². The van der Waals surface area contributed by atoms with Gasteiger partial charge in [-0.05, 0) is 38.1 Å². The van der Waals surface area contributed by atoms with E-state index in [0.717, 1.165) is 25.2 Å². The predicted molar refractivity (Wildman–Crippen MR) is 133 cm³/mol. The number of nitrogens with two attached hydrogens (primary N) is 1. The maximum absolute atomic E-state index is 14.8. The fraction of sp³-hybridized carbons (Fsp3) is 0.333. The van der Waals surface area contributed by atoms with E-state index in [9.17, 15) is 9.28 Å². The number of aromatic nitrogens is 3. The number of halogens is 1. The van der Waals surface area contributed by atoms with E-state index < -0.39 is 0 Å². The molecule has 0 unspecified atom stereocenters. The number of morpholine rings is 1. The van der Waals surface area contributed by atoms with E-state index in [1.165, 1.54) is 6.20 Å². The Hall–Kier alpha value is -3.83. The van der Waals surface area contributed by atoms with Gasteiger partial charge in [-0.1, -0.05) is 4.48 Å². The van der Waals surface area contributed by atoms with Crippen molar-refractivity contribution >= 4 is 28.5 Å². The number of rotatable bonds is 7. The highest BCUT2D eigenvalue weighted by Gasteiger charge is 2.17. The van der Waals surface area contributed by atoms with Crippen molar-refractivity contribution in [3.63, 3.8) is 0 Å². The molecule has 1 aliphatic rings. The minimum absolute atomic E-state index is 0.115. The summed E-state index contributed by atoms with van der Waals surface area (Å²) in [6.07, 6.45) is 2.92. The zero-order valence-electron chi connectivity index (χ0n) is 19.8. The summed E-state index contributed by atoms with van der Waals surface area (Å²) in [7, 11) is 0. The number of nitrogens with zero attached hydrogens (tertiary/aromatic N) is 4. The van der Waals surface area contributed by atoms with Crippen molar-refractivity contribution in [3.05, 3.63) is 53.6 Å². The van der Waals surface area contributed by atoms with Crippen molar-refractivity contribution in [1.82, 2.24) is 25.2 Å². The maximum Gasteiger partial charge on any atom is 0.269 e. The largest absolute Gasteiger partial charge is 0.402 e. The molecule has 0 aromatic carbocycles. The van der Waals surface area contributed by atoms with Crippen molar-refractivity contribution in [2.24, 2.45) is 5.73 Å². The van der Waals surface area contributed by atoms with Crippen molar-refractivity contribution in [3.8, 4) is 11.3 Å². The van der Waals surface area contributed by atoms with Crippen LogP contribution in [0.5, 0.6) is 0 Å². The second kappa shape index (κ2) is 10.6. The number of aromatic amines is 1. The first kappa shape index (κ1) is 24.3. The van der Waals surface area contributed by atoms with Crippen molar-refractivity contribution in [2.45, 2.75) is 13.8 Å². The standard InChI is InChI=1S/C24H29FN8O2/c1-15(16(2)26)22(27)33(25)19-11-18-13-20(31-23(18)30-14-19)17-3-4-28-21(12-17)24(34)29-5-6-32-7-9-35-10-8-32/h3-4,11-14,27H,5-10,26H2,1-2H3,(H,29,34)(H,30,31)/b16-15-,27-22?. The Morgan fingerprint density at radius 2 is 2.06 bits per heavy atom. The molecule has 0 atom stereocenters. The molecule has 4 rings (SSSR count). The van der Waals surface area contributed by atoms with Crippen LogP contribution in [0.3, 0.4) is 0 Å². The number of nitrogens with one attached hydrogen (secondary N) is 3. The van der Waals surface area contributed by atoms with E-state index in [4.69, 9.17) is 15.9 Å². The summed E-state index contributed by atoms with van der Waals surface area (Å²) in [5, 5.41) is 11.8. The van der Waals surface area contributed by atoms with Gasteiger partial charge in [-0.2, -0.15) is 5.12 Å². The van der Waals surface area contributed by atoms with Crippen molar-refractivity contribution in [1.29, 1.82) is 5.41 Å². The highest BCUT2D eigenvalue weighted by Crippen LogP contribution is 2.27. The number of H-pyrrole nitrogens is 1. The summed E-state index contributed by atoms with van der Waals surface area (Å²) in [6, 6.07) is 6.89. The van der Waals surface area contributed by atoms with Gasteiger partial charge in [0.2, 0.25) is 0 Å². The molecule has 0 radical (unpaired) electrons.